The number of hydrogen-bond acceptors (Lipinski definition) is 4. The monoisotopic (exact) mass is 311 g/mol. The smallest absolute Gasteiger partial charge is 0.302 e. The number of nitrogens with zero attached hydrogens (tertiary/aromatic N) is 1. The van der Waals surface area contributed by atoms with Crippen LogP contribution in [0.2, 0.25) is 0 Å². The largest absolute Gasteiger partial charge is 0.462 e. The van der Waals surface area contributed by atoms with Gasteiger partial charge in [0.2, 0.25) is 0 Å². The maximum atomic E-state index is 10.9. The molecule has 0 heterocycles. The van der Waals surface area contributed by atoms with Crippen LogP contribution in [0.3, 0.4) is 0 Å². The van der Waals surface area contributed by atoms with E-state index in [0.29, 0.717) is 29.6 Å². The third-order valence-corrected chi connectivity index (χ3v) is 4.36. The molecule has 1 aromatic carbocycles. The quantitative estimate of drug-likeness (QED) is 0.471. The first-order valence-corrected chi connectivity index (χ1v) is 7.93. The molecule has 0 N–H and O–H groups in total. The number of carbonyl (C=O) groups excluding carboxylic acids is 2. The van der Waals surface area contributed by atoms with Gasteiger partial charge in [-0.1, -0.05) is 24.3 Å². The fourth-order valence-corrected chi connectivity index (χ4v) is 3.09. The molecule has 4 heteroatoms. The molecule has 0 unspecified atom stereocenters. The Hall–Kier alpha value is -2.41. The van der Waals surface area contributed by atoms with E-state index in [0.717, 1.165) is 37.5 Å². The molecular weight excluding hydrogens is 290 g/mol. The molecule has 4 nitrogen and oxygen atoms in total. The normalized spacial score (nSPS) is 20.9. The van der Waals surface area contributed by atoms with Crippen molar-refractivity contribution >= 4 is 12.3 Å². The fourth-order valence-electron chi connectivity index (χ4n) is 3.09. The number of carbonyl (C=O) groups is 2. The van der Waals surface area contributed by atoms with Crippen LogP contribution in [-0.4, -0.2) is 18.9 Å². The van der Waals surface area contributed by atoms with Crippen LogP contribution in [0.5, 0.6) is 0 Å². The van der Waals surface area contributed by atoms with Crippen LogP contribution >= 0.6 is 0 Å². The SMILES string of the molecule is CC(=O)OC/C=C/C1CCC(c2ccc(C=O)c(C#N)c2)CC1. The van der Waals surface area contributed by atoms with Gasteiger partial charge >= 0.3 is 5.97 Å². The van der Waals surface area contributed by atoms with Crippen LogP contribution in [0.15, 0.2) is 30.4 Å². The summed E-state index contributed by atoms with van der Waals surface area (Å²) in [5.74, 6) is 0.706. The van der Waals surface area contributed by atoms with Crippen molar-refractivity contribution in [1.82, 2.24) is 0 Å². The zero-order valence-corrected chi connectivity index (χ0v) is 13.3. The molecule has 1 aliphatic carbocycles. The van der Waals surface area contributed by atoms with Crippen LogP contribution < -0.4 is 0 Å². The van der Waals surface area contributed by atoms with Gasteiger partial charge in [-0.25, -0.2) is 0 Å². The van der Waals surface area contributed by atoms with Crippen LogP contribution in [0, 0.1) is 17.2 Å². The number of benzene rings is 1. The number of ether oxygens (including phenoxy) is 1. The molecule has 0 aromatic heterocycles. The zero-order valence-electron chi connectivity index (χ0n) is 13.3. The molecule has 0 radical (unpaired) electrons. The molecule has 23 heavy (non-hydrogen) atoms. The minimum Gasteiger partial charge on any atom is -0.462 e. The summed E-state index contributed by atoms with van der Waals surface area (Å²) >= 11 is 0. The van der Waals surface area contributed by atoms with Gasteiger partial charge in [0, 0.05) is 12.5 Å². The van der Waals surface area contributed by atoms with Crippen molar-refractivity contribution in [1.29, 1.82) is 5.26 Å². The summed E-state index contributed by atoms with van der Waals surface area (Å²) in [7, 11) is 0. The number of hydrogen-bond donors (Lipinski definition) is 0. The van der Waals surface area contributed by atoms with E-state index in [2.05, 4.69) is 12.1 Å². The first-order valence-electron chi connectivity index (χ1n) is 7.93. The Bertz CT molecular complexity index is 635. The lowest BCUT2D eigenvalue weighted by molar-refractivity contribution is -0.139. The van der Waals surface area contributed by atoms with Crippen molar-refractivity contribution in [2.45, 2.75) is 38.5 Å². The van der Waals surface area contributed by atoms with Gasteiger partial charge in [-0.15, -0.1) is 0 Å². The topological polar surface area (TPSA) is 67.2 Å². The maximum Gasteiger partial charge on any atom is 0.302 e. The molecule has 1 aliphatic rings. The Labute approximate surface area is 136 Å². The van der Waals surface area contributed by atoms with Gasteiger partial charge in [0.05, 0.1) is 11.6 Å². The van der Waals surface area contributed by atoms with Crippen molar-refractivity contribution in [2.75, 3.05) is 6.61 Å². The number of esters is 1. The molecule has 0 spiro atoms. The van der Waals surface area contributed by atoms with Gasteiger partial charge in [0.15, 0.2) is 6.29 Å². The van der Waals surface area contributed by atoms with Crippen LogP contribution in [0.1, 0.15) is 60.0 Å². The van der Waals surface area contributed by atoms with E-state index in [4.69, 9.17) is 10.00 Å². The lowest BCUT2D eigenvalue weighted by atomic mass is 9.78. The Morgan fingerprint density at radius 3 is 2.70 bits per heavy atom. The molecule has 2 rings (SSSR count). The van der Waals surface area contributed by atoms with Gasteiger partial charge in [0.1, 0.15) is 6.61 Å². The highest BCUT2D eigenvalue weighted by Gasteiger charge is 2.21. The van der Waals surface area contributed by atoms with E-state index in [1.807, 2.05) is 18.2 Å². The van der Waals surface area contributed by atoms with Gasteiger partial charge in [-0.2, -0.15) is 5.26 Å². The van der Waals surface area contributed by atoms with Crippen LogP contribution in [-0.2, 0) is 9.53 Å². The summed E-state index contributed by atoms with van der Waals surface area (Å²) < 4.78 is 4.89. The number of nitriles is 1. The van der Waals surface area contributed by atoms with Crippen molar-refractivity contribution in [3.05, 3.63) is 47.0 Å². The second-order valence-corrected chi connectivity index (χ2v) is 5.92. The van der Waals surface area contributed by atoms with E-state index >= 15 is 0 Å². The molecule has 0 bridgehead atoms. The third kappa shape index (κ3) is 4.79. The van der Waals surface area contributed by atoms with Crippen LogP contribution in [0.4, 0.5) is 0 Å². The molecule has 1 aromatic rings. The van der Waals surface area contributed by atoms with Crippen molar-refractivity contribution in [2.24, 2.45) is 5.92 Å². The Kier molecular flexibility index (Phi) is 6.10. The molecular formula is C19H21NO3. The minimum absolute atomic E-state index is 0.259. The summed E-state index contributed by atoms with van der Waals surface area (Å²) in [5, 5.41) is 9.12. The molecule has 0 atom stereocenters. The minimum atomic E-state index is -0.259. The number of allylic oxidation sites excluding steroid dienone is 1. The molecule has 120 valence electrons. The molecule has 0 saturated heterocycles. The summed E-state index contributed by atoms with van der Waals surface area (Å²) in [4.78, 5) is 21.6. The summed E-state index contributed by atoms with van der Waals surface area (Å²) in [6.45, 7) is 1.75. The predicted molar refractivity (Wildman–Crippen MR) is 87.0 cm³/mol. The van der Waals surface area contributed by atoms with Gasteiger partial charge in [0.25, 0.3) is 0 Å². The van der Waals surface area contributed by atoms with E-state index in [1.165, 1.54) is 6.92 Å². The Balaban J connectivity index is 1.90. The summed E-state index contributed by atoms with van der Waals surface area (Å²) in [6.07, 6.45) is 9.07. The first-order chi connectivity index (χ1) is 11.1. The van der Waals surface area contributed by atoms with Gasteiger partial charge in [-0.3, -0.25) is 9.59 Å². The maximum absolute atomic E-state index is 10.9. The van der Waals surface area contributed by atoms with Crippen molar-refractivity contribution in [3.63, 3.8) is 0 Å². The summed E-state index contributed by atoms with van der Waals surface area (Å²) in [6, 6.07) is 7.65. The second-order valence-electron chi connectivity index (χ2n) is 5.92. The molecule has 0 aliphatic heterocycles. The number of aldehydes is 1. The van der Waals surface area contributed by atoms with E-state index in [9.17, 15) is 9.59 Å². The van der Waals surface area contributed by atoms with E-state index < -0.39 is 0 Å². The fraction of sp³-hybridized carbons (Fsp3) is 0.421. The average molecular weight is 311 g/mol. The number of rotatable bonds is 5. The molecule has 0 amide bonds. The third-order valence-electron chi connectivity index (χ3n) is 4.36. The first kappa shape index (κ1) is 17.0. The highest BCUT2D eigenvalue weighted by molar-refractivity contribution is 5.79. The average Bonchev–Trinajstić information content (AvgIpc) is 2.58. The standard InChI is InChI=1S/C19H21NO3/c1-14(22)23-10-2-3-15-4-6-16(7-5-15)17-8-9-18(13-21)19(11-17)12-20/h2-3,8-9,11,13,15-16H,4-7,10H2,1H3/b3-2+. The van der Waals surface area contributed by atoms with Gasteiger partial charge < -0.3 is 4.74 Å². The van der Waals surface area contributed by atoms with E-state index in [-0.39, 0.29) is 5.97 Å². The van der Waals surface area contributed by atoms with Crippen molar-refractivity contribution in [3.8, 4) is 6.07 Å². The van der Waals surface area contributed by atoms with Gasteiger partial charge in [-0.05, 0) is 49.1 Å². The molecule has 1 saturated carbocycles. The lowest BCUT2D eigenvalue weighted by Crippen LogP contribution is -2.12. The molecule has 1 fully saturated rings. The van der Waals surface area contributed by atoms with Crippen molar-refractivity contribution < 1.29 is 14.3 Å². The zero-order chi connectivity index (χ0) is 16.7. The summed E-state index contributed by atoms with van der Waals surface area (Å²) in [5.41, 5.74) is 2.06. The Morgan fingerprint density at radius 1 is 1.35 bits per heavy atom. The Morgan fingerprint density at radius 2 is 2.09 bits per heavy atom. The van der Waals surface area contributed by atoms with E-state index in [1.54, 1.807) is 6.07 Å². The predicted octanol–water partition coefficient (Wildman–Crippen LogP) is 3.76. The highest BCUT2D eigenvalue weighted by atomic mass is 16.5. The highest BCUT2D eigenvalue weighted by Crippen LogP contribution is 2.36. The second kappa shape index (κ2) is 8.28. The lowest BCUT2D eigenvalue weighted by Gasteiger charge is -2.27. The van der Waals surface area contributed by atoms with Crippen LogP contribution in [0.25, 0.3) is 0 Å².